The summed E-state index contributed by atoms with van der Waals surface area (Å²) in [7, 11) is 1.65. The number of aliphatic imine (C=N–C) groups is 1. The zero-order chi connectivity index (χ0) is 19.8. The molecule has 6 heteroatoms. The monoisotopic (exact) mass is 386 g/mol. The Balaban J connectivity index is 1.51. The molecule has 6 nitrogen and oxygen atoms in total. The van der Waals surface area contributed by atoms with Gasteiger partial charge in [0.05, 0.1) is 7.11 Å². The van der Waals surface area contributed by atoms with Crippen LogP contribution in [0.1, 0.15) is 51.0 Å². The van der Waals surface area contributed by atoms with E-state index in [0.29, 0.717) is 12.0 Å². The third-order valence-electron chi connectivity index (χ3n) is 6.01. The van der Waals surface area contributed by atoms with E-state index in [0.717, 1.165) is 36.9 Å². The van der Waals surface area contributed by atoms with Gasteiger partial charge in [-0.1, -0.05) is 31.4 Å². The van der Waals surface area contributed by atoms with Crippen LogP contribution in [0.2, 0.25) is 0 Å². The maximum Gasteiger partial charge on any atom is 0.242 e. The lowest BCUT2D eigenvalue weighted by Crippen LogP contribution is -2.42. The average molecular weight is 387 g/mol. The maximum absolute atomic E-state index is 12.3. The van der Waals surface area contributed by atoms with E-state index in [1.54, 1.807) is 7.11 Å². The number of benzene rings is 1. The molecular formula is C22H34N4O2. The van der Waals surface area contributed by atoms with Crippen molar-refractivity contribution in [3.63, 3.8) is 0 Å². The molecule has 1 saturated heterocycles. The maximum atomic E-state index is 12.3. The van der Waals surface area contributed by atoms with Crippen LogP contribution in [0, 0.1) is 5.41 Å². The highest BCUT2D eigenvalue weighted by Crippen LogP contribution is 2.43. The Kier molecular flexibility index (Phi) is 7.18. The summed E-state index contributed by atoms with van der Waals surface area (Å²) in [5, 5.41) is 6.32. The van der Waals surface area contributed by atoms with Crippen molar-refractivity contribution in [3.8, 4) is 5.75 Å². The molecule has 3 rings (SSSR count). The predicted molar refractivity (Wildman–Crippen MR) is 113 cm³/mol. The summed E-state index contributed by atoms with van der Waals surface area (Å²) in [6.07, 6.45) is 8.02. The summed E-state index contributed by atoms with van der Waals surface area (Å²) in [6.45, 7) is 5.66. The van der Waals surface area contributed by atoms with Gasteiger partial charge >= 0.3 is 0 Å². The minimum Gasteiger partial charge on any atom is -0.497 e. The first-order chi connectivity index (χ1) is 13.6. The zero-order valence-electron chi connectivity index (χ0n) is 17.3. The number of nitrogens with one attached hydrogen (secondary N) is 2. The highest BCUT2D eigenvalue weighted by molar-refractivity contribution is 5.85. The lowest BCUT2D eigenvalue weighted by atomic mass is 9.73. The molecule has 1 aliphatic heterocycles. The number of rotatable bonds is 6. The van der Waals surface area contributed by atoms with Gasteiger partial charge in [-0.05, 0) is 49.3 Å². The molecule has 1 aliphatic carbocycles. The van der Waals surface area contributed by atoms with Crippen LogP contribution in [0.5, 0.6) is 5.75 Å². The third kappa shape index (κ3) is 5.40. The summed E-state index contributed by atoms with van der Waals surface area (Å²) >= 11 is 0. The Morgan fingerprint density at radius 3 is 2.57 bits per heavy atom. The number of likely N-dealkylation sites (tertiary alicyclic amines) is 1. The van der Waals surface area contributed by atoms with Gasteiger partial charge in [0.15, 0.2) is 5.96 Å². The number of guanidine groups is 1. The van der Waals surface area contributed by atoms with Crippen LogP contribution in [-0.2, 0) is 11.3 Å². The smallest absolute Gasteiger partial charge is 0.242 e. The van der Waals surface area contributed by atoms with Crippen LogP contribution >= 0.6 is 0 Å². The van der Waals surface area contributed by atoms with Gasteiger partial charge < -0.3 is 20.3 Å². The Hall–Kier alpha value is -2.24. The summed E-state index contributed by atoms with van der Waals surface area (Å²) < 4.78 is 5.16. The van der Waals surface area contributed by atoms with Crippen LogP contribution in [-0.4, -0.2) is 50.1 Å². The molecule has 0 unspecified atom stereocenters. The molecule has 0 aromatic heterocycles. The summed E-state index contributed by atoms with van der Waals surface area (Å²) in [5.74, 6) is 1.64. The van der Waals surface area contributed by atoms with E-state index >= 15 is 0 Å². The molecule has 28 heavy (non-hydrogen) atoms. The number of carbonyl (C=O) groups is 1. The topological polar surface area (TPSA) is 66.0 Å². The van der Waals surface area contributed by atoms with E-state index in [1.807, 2.05) is 24.3 Å². The van der Waals surface area contributed by atoms with Crippen molar-refractivity contribution in [2.45, 2.75) is 52.0 Å². The molecule has 1 spiro atoms. The Labute approximate surface area is 168 Å². The van der Waals surface area contributed by atoms with E-state index < -0.39 is 0 Å². The molecule has 154 valence electrons. The molecule has 2 fully saturated rings. The van der Waals surface area contributed by atoms with E-state index in [9.17, 15) is 4.79 Å². The number of ether oxygens (including phenoxy) is 1. The molecule has 0 bridgehead atoms. The quantitative estimate of drug-likeness (QED) is 0.583. The normalized spacial score (nSPS) is 18.9. The van der Waals surface area contributed by atoms with Crippen molar-refractivity contribution in [1.82, 2.24) is 15.5 Å². The number of hydrogen-bond donors (Lipinski definition) is 2. The second kappa shape index (κ2) is 9.80. The van der Waals surface area contributed by atoms with Crippen LogP contribution in [0.3, 0.4) is 0 Å². The van der Waals surface area contributed by atoms with Gasteiger partial charge in [0, 0.05) is 26.2 Å². The molecule has 2 N–H and O–H groups in total. The largest absolute Gasteiger partial charge is 0.497 e. The summed E-state index contributed by atoms with van der Waals surface area (Å²) in [6, 6.07) is 7.72. The van der Waals surface area contributed by atoms with Gasteiger partial charge in [-0.3, -0.25) is 4.79 Å². The van der Waals surface area contributed by atoms with Gasteiger partial charge in [-0.2, -0.15) is 0 Å². The van der Waals surface area contributed by atoms with Crippen molar-refractivity contribution in [2.75, 3.05) is 33.3 Å². The summed E-state index contributed by atoms with van der Waals surface area (Å²) in [5.41, 5.74) is 1.52. The van der Waals surface area contributed by atoms with Crippen LogP contribution < -0.4 is 15.4 Å². The lowest BCUT2D eigenvalue weighted by molar-refractivity contribution is -0.119. The van der Waals surface area contributed by atoms with Gasteiger partial charge in [-0.15, -0.1) is 0 Å². The molecule has 1 aromatic carbocycles. The molecule has 0 atom stereocenters. The summed E-state index contributed by atoms with van der Waals surface area (Å²) in [4.78, 5) is 19.2. The highest BCUT2D eigenvalue weighted by Gasteiger charge is 2.39. The van der Waals surface area contributed by atoms with E-state index in [2.05, 4.69) is 27.4 Å². The first-order valence-electron chi connectivity index (χ1n) is 10.6. The van der Waals surface area contributed by atoms with Crippen LogP contribution in [0.4, 0.5) is 0 Å². The number of nitrogens with zero attached hydrogens (tertiary/aromatic N) is 2. The molecule has 1 heterocycles. The van der Waals surface area contributed by atoms with Gasteiger partial charge in [0.25, 0.3) is 0 Å². The second-order valence-corrected chi connectivity index (χ2v) is 8.03. The lowest BCUT2D eigenvalue weighted by Gasteiger charge is -2.33. The Morgan fingerprint density at radius 2 is 1.89 bits per heavy atom. The minimum absolute atomic E-state index is 0.0576. The minimum atomic E-state index is -0.0576. The van der Waals surface area contributed by atoms with Gasteiger partial charge in [0.2, 0.25) is 5.91 Å². The van der Waals surface area contributed by atoms with Crippen LogP contribution in [0.15, 0.2) is 29.3 Å². The van der Waals surface area contributed by atoms with Crippen molar-refractivity contribution >= 4 is 11.9 Å². The molecule has 1 amide bonds. The second-order valence-electron chi connectivity index (χ2n) is 8.03. The molecule has 2 aliphatic rings. The van der Waals surface area contributed by atoms with E-state index in [1.165, 1.54) is 38.5 Å². The van der Waals surface area contributed by atoms with Crippen molar-refractivity contribution in [2.24, 2.45) is 10.4 Å². The standard InChI is InChI=1S/C22H34N4O2/c1-3-23-21(26-14-13-22(17-26)11-5-4-6-12-22)25-16-20(27)24-15-18-7-9-19(28-2)10-8-18/h7-10H,3-6,11-17H2,1-2H3,(H,23,25)(H,24,27). The molecular weight excluding hydrogens is 352 g/mol. The van der Waals surface area contributed by atoms with Crippen molar-refractivity contribution in [1.29, 1.82) is 0 Å². The van der Waals surface area contributed by atoms with Gasteiger partial charge in [0.1, 0.15) is 12.3 Å². The molecule has 0 radical (unpaired) electrons. The first kappa shape index (κ1) is 20.5. The number of carbonyl (C=O) groups excluding carboxylic acids is 1. The SMILES string of the molecule is CCNC(=NCC(=O)NCc1ccc(OC)cc1)N1CCC2(CCCCC2)C1. The Bertz CT molecular complexity index is 666. The van der Waals surface area contributed by atoms with Crippen LogP contribution in [0.25, 0.3) is 0 Å². The fourth-order valence-corrected chi connectivity index (χ4v) is 4.40. The highest BCUT2D eigenvalue weighted by atomic mass is 16.5. The molecule has 1 saturated carbocycles. The fourth-order valence-electron chi connectivity index (χ4n) is 4.40. The first-order valence-corrected chi connectivity index (χ1v) is 10.6. The van der Waals surface area contributed by atoms with E-state index in [-0.39, 0.29) is 12.5 Å². The van der Waals surface area contributed by atoms with Gasteiger partial charge in [-0.25, -0.2) is 4.99 Å². The number of hydrogen-bond acceptors (Lipinski definition) is 3. The number of methoxy groups -OCH3 is 1. The Morgan fingerprint density at radius 1 is 1.14 bits per heavy atom. The predicted octanol–water partition coefficient (Wildman–Crippen LogP) is 2.93. The van der Waals surface area contributed by atoms with E-state index in [4.69, 9.17) is 4.74 Å². The molecule has 1 aromatic rings. The number of amides is 1. The zero-order valence-corrected chi connectivity index (χ0v) is 17.3. The van der Waals surface area contributed by atoms with Crippen molar-refractivity contribution < 1.29 is 9.53 Å². The third-order valence-corrected chi connectivity index (χ3v) is 6.01. The fraction of sp³-hybridized carbons (Fsp3) is 0.636. The van der Waals surface area contributed by atoms with Crippen molar-refractivity contribution in [3.05, 3.63) is 29.8 Å². The average Bonchev–Trinajstić information content (AvgIpc) is 3.13.